The van der Waals surface area contributed by atoms with E-state index in [4.69, 9.17) is 0 Å². The molecule has 0 N–H and O–H groups in total. The number of imide groups is 1. The minimum Gasteiger partial charge on any atom is -0.338 e. The van der Waals surface area contributed by atoms with Crippen LogP contribution in [0.1, 0.15) is 52.5 Å². The van der Waals surface area contributed by atoms with Crippen molar-refractivity contribution in [1.82, 2.24) is 9.80 Å². The van der Waals surface area contributed by atoms with Gasteiger partial charge in [0.05, 0.1) is 11.1 Å². The van der Waals surface area contributed by atoms with Crippen molar-refractivity contribution < 1.29 is 14.4 Å². The van der Waals surface area contributed by atoms with Crippen LogP contribution in [0.25, 0.3) is 0 Å². The van der Waals surface area contributed by atoms with Gasteiger partial charge < -0.3 is 4.90 Å². The maximum absolute atomic E-state index is 13.5. The number of nitrogens with zero attached hydrogens (tertiary/aromatic N) is 2. The fraction of sp³-hybridized carbons (Fsp3) is 0.348. The van der Waals surface area contributed by atoms with E-state index < -0.39 is 6.04 Å². The summed E-state index contributed by atoms with van der Waals surface area (Å²) in [7, 11) is 0. The normalized spacial score (nSPS) is 20.2. The predicted octanol–water partition coefficient (Wildman–Crippen LogP) is 3.29. The lowest BCUT2D eigenvalue weighted by molar-refractivity contribution is -0.138. The standard InChI is InChI=1S/C23H24N2O3/c1-16-9-7-8-14-24(16)23(28)20(15-17-10-3-2-4-11-17)25-21(26)18-12-5-6-13-19(18)22(25)27/h2-6,10-13,16,20H,7-9,14-15H2,1H3/t16-,20+/m1/s1. The summed E-state index contributed by atoms with van der Waals surface area (Å²) in [5.41, 5.74) is 1.69. The first-order chi connectivity index (χ1) is 13.6. The first-order valence-corrected chi connectivity index (χ1v) is 9.89. The number of hydrogen-bond acceptors (Lipinski definition) is 3. The van der Waals surface area contributed by atoms with E-state index in [0.717, 1.165) is 24.8 Å². The zero-order valence-corrected chi connectivity index (χ0v) is 16.0. The van der Waals surface area contributed by atoms with Crippen LogP contribution in [0.3, 0.4) is 0 Å². The molecule has 2 aromatic carbocycles. The number of amides is 3. The number of likely N-dealkylation sites (tertiary alicyclic amines) is 1. The first kappa shape index (κ1) is 18.4. The molecule has 2 aliphatic heterocycles. The van der Waals surface area contributed by atoms with Crippen LogP contribution >= 0.6 is 0 Å². The lowest BCUT2D eigenvalue weighted by Gasteiger charge is -2.38. The Balaban J connectivity index is 1.70. The van der Waals surface area contributed by atoms with Gasteiger partial charge in [-0.15, -0.1) is 0 Å². The summed E-state index contributed by atoms with van der Waals surface area (Å²) >= 11 is 0. The van der Waals surface area contributed by atoms with Gasteiger partial charge >= 0.3 is 0 Å². The number of fused-ring (bicyclic) bond motifs is 1. The smallest absolute Gasteiger partial charge is 0.262 e. The molecule has 2 aliphatic rings. The van der Waals surface area contributed by atoms with Crippen molar-refractivity contribution >= 4 is 17.7 Å². The molecule has 0 saturated carbocycles. The molecular weight excluding hydrogens is 352 g/mol. The van der Waals surface area contributed by atoms with Crippen LogP contribution in [0.15, 0.2) is 54.6 Å². The van der Waals surface area contributed by atoms with Gasteiger partial charge in [0.15, 0.2) is 0 Å². The number of hydrogen-bond donors (Lipinski definition) is 0. The van der Waals surface area contributed by atoms with Crippen LogP contribution in [0.4, 0.5) is 0 Å². The van der Waals surface area contributed by atoms with Gasteiger partial charge in [-0.25, -0.2) is 0 Å². The molecule has 0 radical (unpaired) electrons. The topological polar surface area (TPSA) is 57.7 Å². The SMILES string of the molecule is C[C@@H]1CCCCN1C(=O)[C@H](Cc1ccccc1)N1C(=O)c2ccccc2C1=O. The van der Waals surface area contributed by atoms with Crippen molar-refractivity contribution in [2.45, 2.75) is 44.7 Å². The summed E-state index contributed by atoms with van der Waals surface area (Å²) in [4.78, 5) is 42.6. The molecule has 3 amide bonds. The Morgan fingerprint density at radius 1 is 0.964 bits per heavy atom. The van der Waals surface area contributed by atoms with Crippen LogP contribution in [0, 0.1) is 0 Å². The van der Waals surface area contributed by atoms with E-state index in [1.165, 1.54) is 4.90 Å². The monoisotopic (exact) mass is 376 g/mol. The van der Waals surface area contributed by atoms with Gasteiger partial charge in [-0.3, -0.25) is 19.3 Å². The van der Waals surface area contributed by atoms with Gasteiger partial charge in [-0.05, 0) is 43.9 Å². The van der Waals surface area contributed by atoms with E-state index in [0.29, 0.717) is 24.1 Å². The molecule has 2 atom stereocenters. The van der Waals surface area contributed by atoms with E-state index in [-0.39, 0.29) is 23.8 Å². The predicted molar refractivity (Wildman–Crippen MR) is 106 cm³/mol. The fourth-order valence-corrected chi connectivity index (χ4v) is 4.23. The molecule has 28 heavy (non-hydrogen) atoms. The molecule has 144 valence electrons. The molecule has 0 spiro atoms. The molecule has 1 saturated heterocycles. The summed E-state index contributed by atoms with van der Waals surface area (Å²) in [6.07, 6.45) is 3.33. The van der Waals surface area contributed by atoms with Crippen molar-refractivity contribution in [2.75, 3.05) is 6.54 Å². The van der Waals surface area contributed by atoms with Crippen molar-refractivity contribution in [3.8, 4) is 0 Å². The Kier molecular flexibility index (Phi) is 4.99. The largest absolute Gasteiger partial charge is 0.338 e. The molecule has 0 aromatic heterocycles. The second-order valence-electron chi connectivity index (χ2n) is 7.61. The molecular formula is C23H24N2O3. The molecule has 2 aromatic rings. The number of piperidine rings is 1. The molecule has 0 unspecified atom stereocenters. The van der Waals surface area contributed by atoms with Crippen molar-refractivity contribution in [3.63, 3.8) is 0 Å². The van der Waals surface area contributed by atoms with Gasteiger partial charge in [0.25, 0.3) is 11.8 Å². The molecule has 4 rings (SSSR count). The number of carbonyl (C=O) groups is 3. The quantitative estimate of drug-likeness (QED) is 0.770. The molecule has 1 fully saturated rings. The third-order valence-corrected chi connectivity index (χ3v) is 5.78. The van der Waals surface area contributed by atoms with E-state index in [2.05, 4.69) is 0 Å². The zero-order valence-electron chi connectivity index (χ0n) is 16.0. The van der Waals surface area contributed by atoms with E-state index in [1.807, 2.05) is 42.2 Å². The highest BCUT2D eigenvalue weighted by Crippen LogP contribution is 2.28. The summed E-state index contributed by atoms with van der Waals surface area (Å²) in [6.45, 7) is 2.72. The highest BCUT2D eigenvalue weighted by Gasteiger charge is 2.44. The zero-order chi connectivity index (χ0) is 19.7. The molecule has 0 aliphatic carbocycles. The van der Waals surface area contributed by atoms with Gasteiger partial charge in [0.2, 0.25) is 5.91 Å². The van der Waals surface area contributed by atoms with Crippen LogP contribution in [0.5, 0.6) is 0 Å². The van der Waals surface area contributed by atoms with E-state index >= 15 is 0 Å². The molecule has 0 bridgehead atoms. The number of benzene rings is 2. The molecule has 5 heteroatoms. The van der Waals surface area contributed by atoms with E-state index in [1.54, 1.807) is 24.3 Å². The number of rotatable bonds is 4. The highest BCUT2D eigenvalue weighted by atomic mass is 16.2. The highest BCUT2D eigenvalue weighted by molar-refractivity contribution is 6.22. The summed E-state index contributed by atoms with van der Waals surface area (Å²) in [6, 6.07) is 15.7. The van der Waals surface area contributed by atoms with E-state index in [9.17, 15) is 14.4 Å². The minimum absolute atomic E-state index is 0.120. The lowest BCUT2D eigenvalue weighted by atomic mass is 9.99. The maximum atomic E-state index is 13.5. The summed E-state index contributed by atoms with van der Waals surface area (Å²) in [5.74, 6) is -0.885. The van der Waals surface area contributed by atoms with Crippen molar-refractivity contribution in [1.29, 1.82) is 0 Å². The Labute approximate surface area is 164 Å². The Morgan fingerprint density at radius 3 is 2.18 bits per heavy atom. The van der Waals surface area contributed by atoms with Crippen molar-refractivity contribution in [3.05, 3.63) is 71.3 Å². The van der Waals surface area contributed by atoms with Crippen LogP contribution in [-0.2, 0) is 11.2 Å². The Morgan fingerprint density at radius 2 is 1.57 bits per heavy atom. The Hall–Kier alpha value is -2.95. The van der Waals surface area contributed by atoms with Gasteiger partial charge in [0.1, 0.15) is 6.04 Å². The third-order valence-electron chi connectivity index (χ3n) is 5.78. The fourth-order valence-electron chi connectivity index (χ4n) is 4.23. The molecule has 2 heterocycles. The minimum atomic E-state index is -0.824. The Bertz CT molecular complexity index is 874. The van der Waals surface area contributed by atoms with Gasteiger partial charge in [0, 0.05) is 19.0 Å². The number of carbonyl (C=O) groups excluding carboxylic acids is 3. The van der Waals surface area contributed by atoms with Crippen LogP contribution in [0.2, 0.25) is 0 Å². The van der Waals surface area contributed by atoms with Crippen LogP contribution in [-0.4, -0.2) is 46.1 Å². The summed E-state index contributed by atoms with van der Waals surface area (Å²) in [5, 5.41) is 0. The average molecular weight is 376 g/mol. The van der Waals surface area contributed by atoms with Crippen LogP contribution < -0.4 is 0 Å². The van der Waals surface area contributed by atoms with Crippen molar-refractivity contribution in [2.24, 2.45) is 0 Å². The van der Waals surface area contributed by atoms with Gasteiger partial charge in [-0.2, -0.15) is 0 Å². The second-order valence-corrected chi connectivity index (χ2v) is 7.61. The summed E-state index contributed by atoms with van der Waals surface area (Å²) < 4.78 is 0. The lowest BCUT2D eigenvalue weighted by Crippen LogP contribution is -2.55. The third kappa shape index (κ3) is 3.21. The second kappa shape index (κ2) is 7.58. The average Bonchev–Trinajstić information content (AvgIpc) is 2.98. The molecule has 5 nitrogen and oxygen atoms in total. The first-order valence-electron chi connectivity index (χ1n) is 9.89. The maximum Gasteiger partial charge on any atom is 0.262 e. The van der Waals surface area contributed by atoms with Gasteiger partial charge in [-0.1, -0.05) is 42.5 Å².